The number of hydrogen-bond donors (Lipinski definition) is 1. The summed E-state index contributed by atoms with van der Waals surface area (Å²) < 4.78 is 11.2. The third-order valence-electron chi connectivity index (χ3n) is 4.58. The summed E-state index contributed by atoms with van der Waals surface area (Å²) in [5.41, 5.74) is 0.657. The van der Waals surface area contributed by atoms with Crippen LogP contribution in [-0.2, 0) is 0 Å². The number of nitrogens with zero attached hydrogens (tertiary/aromatic N) is 3. The molecule has 0 saturated carbocycles. The van der Waals surface area contributed by atoms with Crippen LogP contribution in [0.1, 0.15) is 24.7 Å². The molecule has 1 aliphatic heterocycles. The summed E-state index contributed by atoms with van der Waals surface area (Å²) in [7, 11) is 1.59. The maximum absolute atomic E-state index is 12.7. The number of carbonyl (C=O) groups excluding carboxylic acids is 1. The number of anilines is 1. The molecule has 0 aliphatic carbocycles. The Balaban J connectivity index is 1.44. The zero-order valence-electron chi connectivity index (χ0n) is 14.9. The Bertz CT molecular complexity index is 909. The fraction of sp³-hybridized carbons (Fsp3) is 0.316. The fourth-order valence-corrected chi connectivity index (χ4v) is 3.85. The van der Waals surface area contributed by atoms with Crippen LogP contribution in [0.5, 0.6) is 5.75 Å². The van der Waals surface area contributed by atoms with E-state index >= 15 is 0 Å². The van der Waals surface area contributed by atoms with Crippen LogP contribution in [0, 0.1) is 0 Å². The number of ether oxygens (including phenoxy) is 1. The average molecular weight is 384 g/mol. The third kappa shape index (κ3) is 3.80. The van der Waals surface area contributed by atoms with Crippen molar-refractivity contribution in [2.75, 3.05) is 25.5 Å². The van der Waals surface area contributed by atoms with E-state index in [2.05, 4.69) is 15.5 Å². The number of urea groups is 1. The molecule has 140 valence electrons. The molecule has 3 heterocycles. The van der Waals surface area contributed by atoms with Crippen molar-refractivity contribution in [2.45, 2.75) is 18.8 Å². The van der Waals surface area contributed by atoms with E-state index in [1.165, 1.54) is 0 Å². The molecule has 27 heavy (non-hydrogen) atoms. The highest BCUT2D eigenvalue weighted by atomic mass is 32.1. The molecule has 0 unspecified atom stereocenters. The van der Waals surface area contributed by atoms with Crippen LogP contribution < -0.4 is 10.1 Å². The normalized spacial score (nSPS) is 16.9. The molecule has 2 aromatic heterocycles. The van der Waals surface area contributed by atoms with E-state index in [9.17, 15) is 4.79 Å². The van der Waals surface area contributed by atoms with Crippen LogP contribution in [0.15, 0.2) is 46.2 Å². The van der Waals surface area contributed by atoms with E-state index in [0.29, 0.717) is 36.3 Å². The number of hydrogen-bond acceptors (Lipinski definition) is 6. The first-order chi connectivity index (χ1) is 13.2. The summed E-state index contributed by atoms with van der Waals surface area (Å²) in [5.74, 6) is 1.81. The third-order valence-corrected chi connectivity index (χ3v) is 5.44. The number of rotatable bonds is 4. The second-order valence-electron chi connectivity index (χ2n) is 6.34. The summed E-state index contributed by atoms with van der Waals surface area (Å²) in [5, 5.41) is 13.3. The molecule has 1 saturated heterocycles. The minimum absolute atomic E-state index is 0.0448. The Morgan fingerprint density at radius 1 is 1.30 bits per heavy atom. The molecule has 3 aromatic rings. The monoisotopic (exact) mass is 384 g/mol. The molecule has 1 N–H and O–H groups in total. The number of nitrogens with one attached hydrogen (secondary N) is 1. The van der Waals surface area contributed by atoms with Crippen LogP contribution in [0.2, 0.25) is 0 Å². The largest absolute Gasteiger partial charge is 0.495 e. The predicted molar refractivity (Wildman–Crippen MR) is 103 cm³/mol. The van der Waals surface area contributed by atoms with Crippen molar-refractivity contribution in [1.29, 1.82) is 0 Å². The Morgan fingerprint density at radius 2 is 2.19 bits per heavy atom. The van der Waals surface area contributed by atoms with E-state index in [1.54, 1.807) is 23.3 Å². The molecule has 1 fully saturated rings. The van der Waals surface area contributed by atoms with Crippen molar-refractivity contribution in [3.63, 3.8) is 0 Å². The Hall–Kier alpha value is -2.87. The topological polar surface area (TPSA) is 80.5 Å². The summed E-state index contributed by atoms with van der Waals surface area (Å²) in [4.78, 5) is 15.4. The van der Waals surface area contributed by atoms with Gasteiger partial charge in [-0.25, -0.2) is 4.79 Å². The minimum atomic E-state index is -0.151. The summed E-state index contributed by atoms with van der Waals surface area (Å²) in [6.45, 7) is 1.25. The molecule has 1 aliphatic rings. The van der Waals surface area contributed by atoms with Gasteiger partial charge in [-0.2, -0.15) is 0 Å². The van der Waals surface area contributed by atoms with Gasteiger partial charge in [0.1, 0.15) is 5.75 Å². The predicted octanol–water partition coefficient (Wildman–Crippen LogP) is 4.22. The van der Waals surface area contributed by atoms with Gasteiger partial charge in [-0.3, -0.25) is 0 Å². The lowest BCUT2D eigenvalue weighted by Gasteiger charge is -2.31. The Morgan fingerprint density at radius 3 is 3.00 bits per heavy atom. The molecule has 1 atom stereocenters. The van der Waals surface area contributed by atoms with E-state index in [4.69, 9.17) is 9.15 Å². The van der Waals surface area contributed by atoms with Gasteiger partial charge in [0, 0.05) is 13.1 Å². The first-order valence-electron chi connectivity index (χ1n) is 8.81. The van der Waals surface area contributed by atoms with Gasteiger partial charge in [0.2, 0.25) is 5.89 Å². The molecule has 2 amide bonds. The number of aromatic nitrogens is 2. The van der Waals surface area contributed by atoms with E-state index < -0.39 is 0 Å². The quantitative estimate of drug-likeness (QED) is 0.728. The second kappa shape index (κ2) is 7.79. The first kappa shape index (κ1) is 17.5. The highest BCUT2D eigenvalue weighted by molar-refractivity contribution is 7.13. The van der Waals surface area contributed by atoms with Crippen molar-refractivity contribution in [1.82, 2.24) is 15.1 Å². The molecular weight excluding hydrogens is 364 g/mol. The van der Waals surface area contributed by atoms with Crippen LogP contribution in [-0.4, -0.2) is 41.3 Å². The number of thiophene rings is 1. The van der Waals surface area contributed by atoms with Crippen molar-refractivity contribution >= 4 is 23.1 Å². The fourth-order valence-electron chi connectivity index (χ4n) is 3.20. The van der Waals surface area contributed by atoms with Crippen LogP contribution in [0.3, 0.4) is 0 Å². The first-order valence-corrected chi connectivity index (χ1v) is 9.69. The van der Waals surface area contributed by atoms with Gasteiger partial charge in [0.25, 0.3) is 5.89 Å². The van der Waals surface area contributed by atoms with Gasteiger partial charge >= 0.3 is 6.03 Å². The molecule has 4 rings (SSSR count). The maximum atomic E-state index is 12.7. The smallest absolute Gasteiger partial charge is 0.321 e. The maximum Gasteiger partial charge on any atom is 0.321 e. The van der Waals surface area contributed by atoms with Gasteiger partial charge in [-0.15, -0.1) is 21.5 Å². The number of amides is 2. The highest BCUT2D eigenvalue weighted by Crippen LogP contribution is 2.30. The number of benzene rings is 1. The lowest BCUT2D eigenvalue weighted by atomic mass is 9.98. The van der Waals surface area contributed by atoms with Crippen molar-refractivity contribution in [3.05, 3.63) is 47.7 Å². The van der Waals surface area contributed by atoms with Crippen molar-refractivity contribution < 1.29 is 13.9 Å². The molecule has 8 heteroatoms. The van der Waals surface area contributed by atoms with E-state index in [0.717, 1.165) is 17.7 Å². The lowest BCUT2D eigenvalue weighted by Crippen LogP contribution is -2.41. The second-order valence-corrected chi connectivity index (χ2v) is 7.29. The highest BCUT2D eigenvalue weighted by Gasteiger charge is 2.29. The Kier molecular flexibility index (Phi) is 5.06. The number of likely N-dealkylation sites (tertiary alicyclic amines) is 1. The number of carbonyl (C=O) groups is 1. The van der Waals surface area contributed by atoms with Gasteiger partial charge in [0.15, 0.2) is 0 Å². The van der Waals surface area contributed by atoms with Crippen LogP contribution in [0.25, 0.3) is 10.8 Å². The number of piperidine rings is 1. The van der Waals surface area contributed by atoms with Gasteiger partial charge < -0.3 is 19.4 Å². The molecule has 1 aromatic carbocycles. The number of methoxy groups -OCH3 is 1. The van der Waals surface area contributed by atoms with E-state index in [-0.39, 0.29) is 11.9 Å². The molecule has 0 radical (unpaired) electrons. The van der Waals surface area contributed by atoms with Gasteiger partial charge in [-0.1, -0.05) is 18.2 Å². The van der Waals surface area contributed by atoms with Crippen molar-refractivity contribution in [3.8, 4) is 16.5 Å². The zero-order valence-corrected chi connectivity index (χ0v) is 15.7. The molecule has 0 bridgehead atoms. The van der Waals surface area contributed by atoms with Gasteiger partial charge in [0.05, 0.1) is 23.6 Å². The molecule has 0 spiro atoms. The van der Waals surface area contributed by atoms with E-state index in [1.807, 2.05) is 41.8 Å². The van der Waals surface area contributed by atoms with Crippen molar-refractivity contribution in [2.24, 2.45) is 0 Å². The molecule has 7 nitrogen and oxygen atoms in total. The van der Waals surface area contributed by atoms with Crippen LogP contribution in [0.4, 0.5) is 10.5 Å². The standard InChI is InChI=1S/C19H20N4O3S/c1-25-15-8-3-2-7-14(15)20-19(24)23-10-4-6-13(12-23)17-21-22-18(26-17)16-9-5-11-27-16/h2-3,5,7-9,11,13H,4,6,10,12H2,1H3,(H,20,24)/t13-/m0/s1. The summed E-state index contributed by atoms with van der Waals surface area (Å²) >= 11 is 1.56. The molecular formula is C19H20N4O3S. The van der Waals surface area contributed by atoms with Gasteiger partial charge in [-0.05, 0) is 36.4 Å². The van der Waals surface area contributed by atoms with Crippen LogP contribution >= 0.6 is 11.3 Å². The zero-order chi connectivity index (χ0) is 18.6. The minimum Gasteiger partial charge on any atom is -0.495 e. The average Bonchev–Trinajstić information content (AvgIpc) is 3.40. The summed E-state index contributed by atoms with van der Waals surface area (Å²) in [6.07, 6.45) is 1.81. The SMILES string of the molecule is COc1ccccc1NC(=O)N1CCC[C@H](c2nnc(-c3cccs3)o2)C1. The Labute approximate surface area is 161 Å². The number of para-hydroxylation sites is 2. The lowest BCUT2D eigenvalue weighted by molar-refractivity contribution is 0.187. The summed E-state index contributed by atoms with van der Waals surface area (Å²) in [6, 6.07) is 11.1.